The lowest BCUT2D eigenvalue weighted by molar-refractivity contribution is -0.121. The Morgan fingerprint density at radius 1 is 1.00 bits per heavy atom. The molecule has 0 aliphatic carbocycles. The van der Waals surface area contributed by atoms with Crippen molar-refractivity contribution in [2.75, 3.05) is 23.9 Å². The average Bonchev–Trinajstić information content (AvgIpc) is 3.24. The Morgan fingerprint density at radius 3 is 2.48 bits per heavy atom. The number of hydrogen-bond acceptors (Lipinski definition) is 5. The third kappa shape index (κ3) is 4.76. The highest BCUT2D eigenvalue weighted by molar-refractivity contribution is 5.99. The normalized spacial score (nSPS) is 10.3. The summed E-state index contributed by atoms with van der Waals surface area (Å²) in [5.74, 6) is -0.124. The fourth-order valence-corrected chi connectivity index (χ4v) is 2.51. The highest BCUT2D eigenvalue weighted by atomic mass is 16.5. The third-order valence-electron chi connectivity index (χ3n) is 4.02. The predicted molar refractivity (Wildman–Crippen MR) is 103 cm³/mol. The van der Waals surface area contributed by atoms with Crippen LogP contribution in [0.3, 0.4) is 0 Å². The second kappa shape index (κ2) is 8.71. The molecule has 1 amide bonds. The molecule has 0 aliphatic heterocycles. The minimum atomic E-state index is -0.563. The number of nitrogens with one attached hydrogen (secondary N) is 1. The zero-order valence-electron chi connectivity index (χ0n) is 14.9. The van der Waals surface area contributed by atoms with E-state index in [1.54, 1.807) is 37.6 Å². The van der Waals surface area contributed by atoms with Crippen LogP contribution in [0.5, 0.6) is 0 Å². The highest BCUT2D eigenvalue weighted by Crippen LogP contribution is 2.18. The van der Waals surface area contributed by atoms with Gasteiger partial charge >= 0.3 is 5.97 Å². The van der Waals surface area contributed by atoms with Crippen LogP contribution in [-0.2, 0) is 16.1 Å². The number of ether oxygens (including phenoxy) is 1. The van der Waals surface area contributed by atoms with E-state index in [1.807, 2.05) is 42.5 Å². The van der Waals surface area contributed by atoms with Crippen molar-refractivity contribution in [3.8, 4) is 0 Å². The Hall–Kier alpha value is -3.54. The van der Waals surface area contributed by atoms with Crippen LogP contribution in [0.4, 0.5) is 11.4 Å². The summed E-state index contributed by atoms with van der Waals surface area (Å²) in [6, 6.07) is 19.8. The lowest BCUT2D eigenvalue weighted by atomic mass is 10.2. The lowest BCUT2D eigenvalue weighted by Crippen LogP contribution is -2.31. The van der Waals surface area contributed by atoms with Crippen LogP contribution in [0.1, 0.15) is 16.1 Å². The largest absolute Gasteiger partial charge is 0.467 e. The summed E-state index contributed by atoms with van der Waals surface area (Å²) >= 11 is 0. The average molecular weight is 364 g/mol. The topological polar surface area (TPSA) is 71.8 Å². The molecule has 0 unspecified atom stereocenters. The molecule has 2 aromatic carbocycles. The van der Waals surface area contributed by atoms with Crippen molar-refractivity contribution in [1.29, 1.82) is 0 Å². The summed E-state index contributed by atoms with van der Waals surface area (Å²) in [4.78, 5) is 26.2. The summed E-state index contributed by atoms with van der Waals surface area (Å²) < 4.78 is 10.5. The molecule has 1 aromatic heterocycles. The monoisotopic (exact) mass is 364 g/mol. The number of esters is 1. The molecular weight excluding hydrogens is 344 g/mol. The van der Waals surface area contributed by atoms with Gasteiger partial charge in [0.05, 0.1) is 18.4 Å². The van der Waals surface area contributed by atoms with Crippen LogP contribution in [0, 0.1) is 0 Å². The summed E-state index contributed by atoms with van der Waals surface area (Å²) in [7, 11) is 1.64. The van der Waals surface area contributed by atoms with Gasteiger partial charge < -0.3 is 19.4 Å². The molecule has 0 radical (unpaired) electrons. The van der Waals surface area contributed by atoms with Crippen LogP contribution in [0.15, 0.2) is 77.4 Å². The van der Waals surface area contributed by atoms with E-state index in [1.165, 1.54) is 4.90 Å². The molecule has 0 saturated heterocycles. The number of hydrogen-bond donors (Lipinski definition) is 1. The zero-order chi connectivity index (χ0) is 19.1. The van der Waals surface area contributed by atoms with Crippen molar-refractivity contribution in [2.45, 2.75) is 6.54 Å². The Bertz CT molecular complexity index is 892. The number of likely N-dealkylation sites (N-methyl/N-ethyl adjacent to an activating group) is 1. The number of nitrogens with zero attached hydrogens (tertiary/aromatic N) is 1. The van der Waals surface area contributed by atoms with Gasteiger partial charge in [0.1, 0.15) is 5.76 Å². The maximum atomic E-state index is 12.4. The van der Waals surface area contributed by atoms with Gasteiger partial charge in [0.15, 0.2) is 6.61 Å². The first-order chi connectivity index (χ1) is 13.1. The summed E-state index contributed by atoms with van der Waals surface area (Å²) in [6.45, 7) is 0.101. The maximum absolute atomic E-state index is 12.4. The Labute approximate surface area is 157 Å². The van der Waals surface area contributed by atoms with E-state index in [0.717, 1.165) is 11.4 Å². The van der Waals surface area contributed by atoms with E-state index in [4.69, 9.17) is 9.15 Å². The zero-order valence-corrected chi connectivity index (χ0v) is 14.9. The first-order valence-corrected chi connectivity index (χ1v) is 8.49. The van der Waals surface area contributed by atoms with Crippen molar-refractivity contribution in [1.82, 2.24) is 0 Å². The van der Waals surface area contributed by atoms with Crippen LogP contribution in [-0.4, -0.2) is 25.5 Å². The molecular formula is C21H20N2O4. The van der Waals surface area contributed by atoms with E-state index < -0.39 is 5.97 Å². The molecule has 1 heterocycles. The lowest BCUT2D eigenvalue weighted by Gasteiger charge is -2.17. The maximum Gasteiger partial charge on any atom is 0.340 e. The van der Waals surface area contributed by atoms with Crippen molar-refractivity contribution in [2.24, 2.45) is 0 Å². The van der Waals surface area contributed by atoms with Gasteiger partial charge in [0.2, 0.25) is 0 Å². The molecule has 0 bridgehead atoms. The van der Waals surface area contributed by atoms with E-state index >= 15 is 0 Å². The quantitative estimate of drug-likeness (QED) is 0.647. The minimum absolute atomic E-state index is 0.310. The van der Waals surface area contributed by atoms with Gasteiger partial charge in [0, 0.05) is 18.4 Å². The van der Waals surface area contributed by atoms with Gasteiger partial charge in [-0.15, -0.1) is 0 Å². The summed E-state index contributed by atoms with van der Waals surface area (Å²) in [6.07, 6.45) is 1.59. The van der Waals surface area contributed by atoms with Crippen molar-refractivity contribution in [3.63, 3.8) is 0 Å². The second-order valence-electron chi connectivity index (χ2n) is 5.84. The SMILES string of the molecule is CN(C(=O)COC(=O)c1ccccc1NCc1ccco1)c1ccccc1. The smallest absolute Gasteiger partial charge is 0.340 e. The number of benzene rings is 2. The molecule has 0 atom stereocenters. The summed E-state index contributed by atoms with van der Waals surface area (Å²) in [5, 5.41) is 3.14. The van der Waals surface area contributed by atoms with Crippen LogP contribution >= 0.6 is 0 Å². The molecule has 1 N–H and O–H groups in total. The first-order valence-electron chi connectivity index (χ1n) is 8.49. The predicted octanol–water partition coefficient (Wildman–Crippen LogP) is 3.71. The molecule has 0 saturated carbocycles. The van der Waals surface area contributed by atoms with Crippen LogP contribution in [0.2, 0.25) is 0 Å². The van der Waals surface area contributed by atoms with Gasteiger partial charge in [-0.1, -0.05) is 30.3 Å². The number of para-hydroxylation sites is 2. The number of anilines is 2. The van der Waals surface area contributed by atoms with Gasteiger partial charge in [0.25, 0.3) is 5.91 Å². The number of furan rings is 1. The molecule has 0 fully saturated rings. The van der Waals surface area contributed by atoms with Gasteiger partial charge in [-0.3, -0.25) is 4.79 Å². The van der Waals surface area contributed by atoms with Crippen LogP contribution in [0.25, 0.3) is 0 Å². The third-order valence-corrected chi connectivity index (χ3v) is 4.02. The van der Waals surface area contributed by atoms with Gasteiger partial charge in [-0.05, 0) is 36.4 Å². The number of carbonyl (C=O) groups excluding carboxylic acids is 2. The van der Waals surface area contributed by atoms with Crippen molar-refractivity contribution in [3.05, 3.63) is 84.3 Å². The molecule has 0 spiro atoms. The Kier molecular flexibility index (Phi) is 5.89. The molecule has 3 aromatic rings. The van der Waals surface area contributed by atoms with E-state index in [0.29, 0.717) is 17.8 Å². The molecule has 3 rings (SSSR count). The van der Waals surface area contributed by atoms with E-state index in [2.05, 4.69) is 5.32 Å². The summed E-state index contributed by atoms with van der Waals surface area (Å²) in [5.41, 5.74) is 1.71. The number of carbonyl (C=O) groups is 2. The molecule has 6 heteroatoms. The van der Waals surface area contributed by atoms with Crippen molar-refractivity contribution >= 4 is 23.3 Å². The fraction of sp³-hybridized carbons (Fsp3) is 0.143. The van der Waals surface area contributed by atoms with Crippen LogP contribution < -0.4 is 10.2 Å². The standard InChI is InChI=1S/C21H20N2O4/c1-23(16-8-3-2-4-9-16)20(24)15-27-21(25)18-11-5-6-12-19(18)22-14-17-10-7-13-26-17/h2-13,22H,14-15H2,1H3. The van der Waals surface area contributed by atoms with E-state index in [9.17, 15) is 9.59 Å². The minimum Gasteiger partial charge on any atom is -0.467 e. The number of amides is 1. The second-order valence-corrected chi connectivity index (χ2v) is 5.84. The van der Waals surface area contributed by atoms with E-state index in [-0.39, 0.29) is 12.5 Å². The molecule has 0 aliphatic rings. The Balaban J connectivity index is 1.60. The first kappa shape index (κ1) is 18.3. The van der Waals surface area contributed by atoms with Crippen molar-refractivity contribution < 1.29 is 18.7 Å². The highest BCUT2D eigenvalue weighted by Gasteiger charge is 2.17. The number of rotatable bonds is 7. The van der Waals surface area contributed by atoms with Gasteiger partial charge in [-0.25, -0.2) is 4.79 Å². The fourth-order valence-electron chi connectivity index (χ4n) is 2.51. The Morgan fingerprint density at radius 2 is 1.74 bits per heavy atom. The molecule has 138 valence electrons. The molecule has 6 nitrogen and oxygen atoms in total. The van der Waals surface area contributed by atoms with Gasteiger partial charge in [-0.2, -0.15) is 0 Å². The molecule has 27 heavy (non-hydrogen) atoms.